The summed E-state index contributed by atoms with van der Waals surface area (Å²) in [6, 6.07) is 8.01. The van der Waals surface area contributed by atoms with Gasteiger partial charge in [-0.05, 0) is 11.1 Å². The lowest BCUT2D eigenvalue weighted by molar-refractivity contribution is -0.696. The minimum Gasteiger partial charge on any atom is -0.748 e. The van der Waals surface area contributed by atoms with Gasteiger partial charge in [-0.15, -0.1) is 0 Å². The second-order valence-corrected chi connectivity index (χ2v) is 6.22. The zero-order valence-corrected chi connectivity index (χ0v) is 12.1. The summed E-state index contributed by atoms with van der Waals surface area (Å²) in [6.07, 6.45) is 8.07. The van der Waals surface area contributed by atoms with Crippen molar-refractivity contribution < 1.29 is 22.1 Å². The fourth-order valence-electron chi connectivity index (χ4n) is 1.92. The standard InChI is InChI=1S/C14H17N2O3S/c1-15-8-3-13(4-9-15)14-5-10-16(11-6-14)7-2-12-20(17,18)19/h3-6,8-11H,2,7,12H2,1H3/q+1. The van der Waals surface area contributed by atoms with Crippen LogP contribution in [0.25, 0.3) is 11.1 Å². The molecule has 0 saturated heterocycles. The van der Waals surface area contributed by atoms with Crippen molar-refractivity contribution in [3.8, 4) is 11.1 Å². The molecule has 0 aliphatic heterocycles. The molecule has 20 heavy (non-hydrogen) atoms. The van der Waals surface area contributed by atoms with Crippen LogP contribution in [0.15, 0.2) is 49.1 Å². The average Bonchev–Trinajstić information content (AvgIpc) is 2.39. The van der Waals surface area contributed by atoms with E-state index in [0.717, 1.165) is 11.1 Å². The Morgan fingerprint density at radius 1 is 1.00 bits per heavy atom. The van der Waals surface area contributed by atoms with Crippen LogP contribution in [0.2, 0.25) is 0 Å². The SMILES string of the molecule is C[n+]1ccc(-c2cc[n+](CCCS(=O)(=O)[O-])cc2)cc1. The van der Waals surface area contributed by atoms with E-state index in [9.17, 15) is 13.0 Å². The van der Waals surface area contributed by atoms with Crippen LogP contribution in [0, 0.1) is 0 Å². The molecule has 2 heterocycles. The van der Waals surface area contributed by atoms with E-state index in [1.807, 2.05) is 65.2 Å². The van der Waals surface area contributed by atoms with Gasteiger partial charge in [0.1, 0.15) is 13.6 Å². The van der Waals surface area contributed by atoms with Crippen LogP contribution in [-0.4, -0.2) is 18.7 Å². The van der Waals surface area contributed by atoms with Crippen molar-refractivity contribution in [1.29, 1.82) is 0 Å². The van der Waals surface area contributed by atoms with Crippen molar-refractivity contribution in [2.75, 3.05) is 5.75 Å². The van der Waals surface area contributed by atoms with Gasteiger partial charge >= 0.3 is 0 Å². The summed E-state index contributed by atoms with van der Waals surface area (Å²) in [6.45, 7) is 0.519. The highest BCUT2D eigenvalue weighted by molar-refractivity contribution is 7.85. The van der Waals surface area contributed by atoms with Gasteiger partial charge in [-0.2, -0.15) is 0 Å². The number of pyridine rings is 2. The normalized spacial score (nSPS) is 11.5. The lowest BCUT2D eigenvalue weighted by Crippen LogP contribution is -2.33. The Balaban J connectivity index is 2.01. The van der Waals surface area contributed by atoms with Crippen LogP contribution in [-0.2, 0) is 23.7 Å². The third-order valence-electron chi connectivity index (χ3n) is 3.01. The van der Waals surface area contributed by atoms with Crippen molar-refractivity contribution in [3.63, 3.8) is 0 Å². The first-order valence-corrected chi connectivity index (χ1v) is 7.90. The van der Waals surface area contributed by atoms with Gasteiger partial charge in [-0.1, -0.05) is 0 Å². The van der Waals surface area contributed by atoms with Crippen molar-refractivity contribution in [1.82, 2.24) is 0 Å². The summed E-state index contributed by atoms with van der Waals surface area (Å²) < 4.78 is 35.4. The maximum atomic E-state index is 10.5. The molecule has 0 amide bonds. The zero-order chi connectivity index (χ0) is 14.6. The third-order valence-corrected chi connectivity index (χ3v) is 3.80. The highest BCUT2D eigenvalue weighted by Crippen LogP contribution is 2.15. The molecule has 6 heteroatoms. The molecular formula is C14H17N2O3S+. The minimum atomic E-state index is -4.12. The predicted octanol–water partition coefficient (Wildman–Crippen LogP) is 0.401. The topological polar surface area (TPSA) is 65.0 Å². The third kappa shape index (κ3) is 4.40. The molecule has 5 nitrogen and oxygen atoms in total. The van der Waals surface area contributed by atoms with E-state index in [0.29, 0.717) is 13.0 Å². The fourth-order valence-corrected chi connectivity index (χ4v) is 2.40. The van der Waals surface area contributed by atoms with Crippen molar-refractivity contribution in [3.05, 3.63) is 49.1 Å². The summed E-state index contributed by atoms with van der Waals surface area (Å²) in [7, 11) is -2.15. The van der Waals surface area contributed by atoms with Crippen LogP contribution in [0.5, 0.6) is 0 Å². The molecule has 0 spiro atoms. The molecule has 0 unspecified atom stereocenters. The lowest BCUT2D eigenvalue weighted by atomic mass is 10.1. The van der Waals surface area contributed by atoms with Gasteiger partial charge in [-0.3, -0.25) is 0 Å². The molecular weight excluding hydrogens is 276 g/mol. The predicted molar refractivity (Wildman–Crippen MR) is 72.4 cm³/mol. The minimum absolute atomic E-state index is 0.322. The van der Waals surface area contributed by atoms with Gasteiger partial charge in [-0.25, -0.2) is 17.6 Å². The van der Waals surface area contributed by atoms with Crippen LogP contribution in [0.3, 0.4) is 0 Å². The van der Waals surface area contributed by atoms with E-state index in [1.54, 1.807) is 0 Å². The smallest absolute Gasteiger partial charge is 0.169 e. The molecule has 0 aromatic carbocycles. The molecule has 106 valence electrons. The molecule has 2 rings (SSSR count). The summed E-state index contributed by atoms with van der Waals surface area (Å²) in [5, 5.41) is 0. The Morgan fingerprint density at radius 3 is 2.00 bits per heavy atom. The van der Waals surface area contributed by atoms with E-state index in [1.165, 1.54) is 0 Å². The number of hydrogen-bond acceptors (Lipinski definition) is 3. The number of nitrogens with zero attached hydrogens (tertiary/aromatic N) is 2. The summed E-state index contributed by atoms with van der Waals surface area (Å²) >= 11 is 0. The number of hydrogen-bond donors (Lipinski definition) is 0. The van der Waals surface area contributed by atoms with Gasteiger partial charge in [0.05, 0.1) is 10.1 Å². The maximum absolute atomic E-state index is 10.5. The van der Waals surface area contributed by atoms with Gasteiger partial charge in [0.25, 0.3) is 0 Å². The van der Waals surface area contributed by atoms with E-state index < -0.39 is 10.1 Å². The molecule has 0 radical (unpaired) electrons. The molecule has 2 aromatic heterocycles. The molecule has 0 fully saturated rings. The molecule has 0 bridgehead atoms. The summed E-state index contributed by atoms with van der Waals surface area (Å²) in [4.78, 5) is 0. The van der Waals surface area contributed by atoms with Crippen molar-refractivity contribution in [2.45, 2.75) is 13.0 Å². The second-order valence-electron chi connectivity index (χ2n) is 4.69. The zero-order valence-electron chi connectivity index (χ0n) is 11.3. The molecule has 2 aromatic rings. The van der Waals surface area contributed by atoms with Crippen molar-refractivity contribution in [2.24, 2.45) is 7.05 Å². The van der Waals surface area contributed by atoms with Gasteiger partial charge < -0.3 is 4.55 Å². The Labute approximate surface area is 118 Å². The first-order valence-electron chi connectivity index (χ1n) is 6.32. The van der Waals surface area contributed by atoms with E-state index >= 15 is 0 Å². The molecule has 0 atom stereocenters. The highest BCUT2D eigenvalue weighted by atomic mass is 32.2. The largest absolute Gasteiger partial charge is 0.748 e. The van der Waals surface area contributed by atoms with Crippen LogP contribution in [0.4, 0.5) is 0 Å². The Morgan fingerprint density at radius 2 is 1.50 bits per heavy atom. The van der Waals surface area contributed by atoms with Gasteiger partial charge in [0, 0.05) is 36.4 Å². The molecule has 0 aliphatic carbocycles. The van der Waals surface area contributed by atoms with Crippen LogP contribution in [0.1, 0.15) is 6.42 Å². The van der Waals surface area contributed by atoms with E-state index in [2.05, 4.69) is 0 Å². The monoisotopic (exact) mass is 293 g/mol. The fraction of sp³-hybridized carbons (Fsp3) is 0.286. The summed E-state index contributed by atoms with van der Waals surface area (Å²) in [5.41, 5.74) is 2.22. The van der Waals surface area contributed by atoms with Crippen molar-refractivity contribution >= 4 is 10.1 Å². The quantitative estimate of drug-likeness (QED) is 0.592. The Bertz CT molecular complexity index is 665. The first-order chi connectivity index (χ1) is 9.44. The van der Waals surface area contributed by atoms with Gasteiger partial charge in [0.2, 0.25) is 0 Å². The van der Waals surface area contributed by atoms with Crippen LogP contribution >= 0.6 is 0 Å². The highest BCUT2D eigenvalue weighted by Gasteiger charge is 2.05. The second kappa shape index (κ2) is 6.11. The first kappa shape index (κ1) is 14.6. The van der Waals surface area contributed by atoms with Gasteiger partial charge in [0.15, 0.2) is 24.8 Å². The van der Waals surface area contributed by atoms with E-state index in [4.69, 9.17) is 0 Å². The number of aryl methyl sites for hydroxylation is 2. The Hall–Kier alpha value is -1.79. The molecule has 0 N–H and O–H groups in total. The average molecular weight is 293 g/mol. The van der Waals surface area contributed by atoms with Crippen LogP contribution < -0.4 is 9.13 Å². The number of aromatic nitrogens is 2. The number of rotatable bonds is 5. The van der Waals surface area contributed by atoms with E-state index in [-0.39, 0.29) is 5.75 Å². The summed E-state index contributed by atoms with van der Waals surface area (Å²) in [5.74, 6) is -0.322. The molecule has 0 aliphatic rings. The Kier molecular flexibility index (Phi) is 4.46. The lowest BCUT2D eigenvalue weighted by Gasteiger charge is -2.04. The molecule has 0 saturated carbocycles. The maximum Gasteiger partial charge on any atom is 0.169 e.